The summed E-state index contributed by atoms with van der Waals surface area (Å²) in [7, 11) is 0. The number of hydrogen-bond acceptors (Lipinski definition) is 5. The zero-order valence-electron chi connectivity index (χ0n) is 17.5. The molecule has 0 radical (unpaired) electrons. The summed E-state index contributed by atoms with van der Waals surface area (Å²) < 4.78 is 0. The van der Waals surface area contributed by atoms with Crippen LogP contribution in [0.1, 0.15) is 41.6 Å². The lowest BCUT2D eigenvalue weighted by Gasteiger charge is -2.31. The molecule has 4 rings (SSSR count). The number of amides is 3. The Morgan fingerprint density at radius 1 is 0.969 bits per heavy atom. The minimum absolute atomic E-state index is 0.0375. The summed E-state index contributed by atoms with van der Waals surface area (Å²) in [5.41, 5.74) is 0.632. The number of nitrogens with zero attached hydrogens (tertiary/aromatic N) is 3. The molecule has 9 nitrogen and oxygen atoms in total. The molecular weight excluding hydrogens is 412 g/mol. The fraction of sp³-hybridized carbons (Fsp3) is 0.348. The maximum Gasteiger partial charge on any atom is 0.269 e. The first-order chi connectivity index (χ1) is 15.4. The minimum atomic E-state index is -0.535. The number of nitrogens with one attached hydrogen (secondary N) is 1. The molecule has 0 unspecified atom stereocenters. The van der Waals surface area contributed by atoms with E-state index in [1.807, 2.05) is 30.3 Å². The first-order valence-corrected chi connectivity index (χ1v) is 10.6. The summed E-state index contributed by atoms with van der Waals surface area (Å²) in [6, 6.07) is 14.9. The maximum atomic E-state index is 13.3. The van der Waals surface area contributed by atoms with Crippen molar-refractivity contribution < 1.29 is 19.3 Å². The van der Waals surface area contributed by atoms with Crippen molar-refractivity contribution in [3.05, 3.63) is 75.8 Å². The van der Waals surface area contributed by atoms with Crippen molar-refractivity contribution in [2.45, 2.75) is 31.1 Å². The van der Waals surface area contributed by atoms with Crippen LogP contribution in [0.2, 0.25) is 0 Å². The quantitative estimate of drug-likeness (QED) is 0.529. The van der Waals surface area contributed by atoms with E-state index in [1.165, 1.54) is 29.3 Å². The Bertz CT molecular complexity index is 1030. The van der Waals surface area contributed by atoms with Gasteiger partial charge in [0.25, 0.3) is 17.5 Å². The molecule has 2 aromatic carbocycles. The SMILES string of the molecule is O=C(NCCC(=O)N1CCCN1C(=O)C1(c2ccccc2)CC1)c1ccc([N+](=O)[O-])cc1. The van der Waals surface area contributed by atoms with Gasteiger partial charge in [-0.1, -0.05) is 30.3 Å². The highest BCUT2D eigenvalue weighted by atomic mass is 16.6. The third-order valence-electron chi connectivity index (χ3n) is 6.00. The second-order valence-corrected chi connectivity index (χ2v) is 8.06. The Labute approximate surface area is 185 Å². The van der Waals surface area contributed by atoms with Crippen LogP contribution < -0.4 is 5.32 Å². The molecule has 2 fully saturated rings. The van der Waals surface area contributed by atoms with Crippen molar-refractivity contribution >= 4 is 23.4 Å². The predicted octanol–water partition coefficient (Wildman–Crippen LogP) is 2.42. The number of non-ortho nitro benzene ring substituents is 1. The van der Waals surface area contributed by atoms with Gasteiger partial charge in [-0.3, -0.25) is 34.5 Å². The monoisotopic (exact) mass is 436 g/mol. The summed E-state index contributed by atoms with van der Waals surface area (Å²) in [5.74, 6) is -0.670. The van der Waals surface area contributed by atoms with E-state index in [-0.39, 0.29) is 36.0 Å². The normalized spacial score (nSPS) is 16.5. The van der Waals surface area contributed by atoms with Crippen molar-refractivity contribution in [2.24, 2.45) is 0 Å². The van der Waals surface area contributed by atoms with E-state index in [0.717, 1.165) is 24.8 Å². The molecule has 1 aliphatic carbocycles. The third-order valence-corrected chi connectivity index (χ3v) is 6.00. The molecule has 1 saturated heterocycles. The van der Waals surface area contributed by atoms with Gasteiger partial charge in [0.05, 0.1) is 10.3 Å². The van der Waals surface area contributed by atoms with Crippen LogP contribution in [0.5, 0.6) is 0 Å². The summed E-state index contributed by atoms with van der Waals surface area (Å²) in [4.78, 5) is 48.5. The highest BCUT2D eigenvalue weighted by molar-refractivity contribution is 5.95. The Morgan fingerprint density at radius 2 is 1.62 bits per heavy atom. The molecule has 0 aromatic heterocycles. The van der Waals surface area contributed by atoms with E-state index in [2.05, 4.69) is 5.32 Å². The topological polar surface area (TPSA) is 113 Å². The lowest BCUT2D eigenvalue weighted by Crippen LogP contribution is -2.49. The Kier molecular flexibility index (Phi) is 5.89. The molecule has 166 valence electrons. The molecule has 0 atom stereocenters. The summed E-state index contributed by atoms with van der Waals surface area (Å²) in [5, 5.41) is 16.4. The van der Waals surface area contributed by atoms with Crippen LogP contribution in [0.3, 0.4) is 0 Å². The molecule has 1 heterocycles. The molecular formula is C23H24N4O5. The lowest BCUT2D eigenvalue weighted by molar-refractivity contribution is -0.384. The Balaban J connectivity index is 1.32. The van der Waals surface area contributed by atoms with E-state index < -0.39 is 16.2 Å². The number of benzene rings is 2. The van der Waals surface area contributed by atoms with Gasteiger partial charge in [-0.05, 0) is 37.0 Å². The first-order valence-electron chi connectivity index (χ1n) is 10.6. The molecule has 0 spiro atoms. The largest absolute Gasteiger partial charge is 0.352 e. The van der Waals surface area contributed by atoms with Crippen molar-refractivity contribution in [3.8, 4) is 0 Å². The van der Waals surface area contributed by atoms with Gasteiger partial charge < -0.3 is 5.32 Å². The summed E-state index contributed by atoms with van der Waals surface area (Å²) in [6.45, 7) is 1.09. The number of hydrazine groups is 1. The average molecular weight is 436 g/mol. The van der Waals surface area contributed by atoms with E-state index in [9.17, 15) is 24.5 Å². The predicted molar refractivity (Wildman–Crippen MR) is 115 cm³/mol. The molecule has 2 aliphatic rings. The first kappa shape index (κ1) is 21.5. The van der Waals surface area contributed by atoms with Gasteiger partial charge in [0, 0.05) is 43.8 Å². The zero-order valence-corrected chi connectivity index (χ0v) is 17.5. The molecule has 1 N–H and O–H groups in total. The van der Waals surface area contributed by atoms with Gasteiger partial charge in [0.1, 0.15) is 0 Å². The van der Waals surface area contributed by atoms with E-state index in [4.69, 9.17) is 0 Å². The number of carbonyl (C=O) groups is 3. The smallest absolute Gasteiger partial charge is 0.269 e. The second-order valence-electron chi connectivity index (χ2n) is 8.06. The minimum Gasteiger partial charge on any atom is -0.352 e. The fourth-order valence-corrected chi connectivity index (χ4v) is 4.09. The van der Waals surface area contributed by atoms with Crippen LogP contribution in [0.15, 0.2) is 54.6 Å². The highest BCUT2D eigenvalue weighted by Crippen LogP contribution is 2.50. The molecule has 32 heavy (non-hydrogen) atoms. The second kappa shape index (κ2) is 8.78. The molecule has 1 saturated carbocycles. The van der Waals surface area contributed by atoms with Crippen LogP contribution in [-0.2, 0) is 15.0 Å². The Morgan fingerprint density at radius 3 is 2.25 bits per heavy atom. The molecule has 3 amide bonds. The van der Waals surface area contributed by atoms with Crippen LogP contribution in [0.4, 0.5) is 5.69 Å². The third kappa shape index (κ3) is 4.18. The molecule has 0 bridgehead atoms. The van der Waals surface area contributed by atoms with Gasteiger partial charge in [0.15, 0.2) is 0 Å². The number of nitro benzene ring substituents is 1. The van der Waals surface area contributed by atoms with Gasteiger partial charge in [-0.25, -0.2) is 0 Å². The lowest BCUT2D eigenvalue weighted by atomic mass is 9.95. The molecule has 9 heteroatoms. The highest BCUT2D eigenvalue weighted by Gasteiger charge is 2.54. The van der Waals surface area contributed by atoms with Crippen LogP contribution in [0, 0.1) is 10.1 Å². The average Bonchev–Trinajstić information content (AvgIpc) is 3.48. The molecule has 1 aliphatic heterocycles. The standard InChI is InChI=1S/C23H24N4O5/c28-20(11-14-24-21(29)17-7-9-19(10-8-17)27(31)32)25-15-4-16-26(25)22(30)23(12-13-23)18-5-2-1-3-6-18/h1-3,5-10H,4,11-16H2,(H,24,29). The number of nitro groups is 1. The van der Waals surface area contributed by atoms with Crippen molar-refractivity contribution in [1.82, 2.24) is 15.3 Å². The fourth-order valence-electron chi connectivity index (χ4n) is 4.09. The van der Waals surface area contributed by atoms with E-state index in [1.54, 1.807) is 5.01 Å². The number of rotatable bonds is 7. The van der Waals surface area contributed by atoms with Gasteiger partial charge >= 0.3 is 0 Å². The van der Waals surface area contributed by atoms with Gasteiger partial charge in [-0.15, -0.1) is 0 Å². The van der Waals surface area contributed by atoms with Crippen molar-refractivity contribution in [1.29, 1.82) is 0 Å². The molecule has 2 aromatic rings. The van der Waals surface area contributed by atoms with Crippen LogP contribution >= 0.6 is 0 Å². The number of hydrogen-bond donors (Lipinski definition) is 1. The maximum absolute atomic E-state index is 13.3. The van der Waals surface area contributed by atoms with Crippen LogP contribution in [-0.4, -0.2) is 52.3 Å². The van der Waals surface area contributed by atoms with Gasteiger partial charge in [-0.2, -0.15) is 0 Å². The summed E-state index contributed by atoms with van der Waals surface area (Å²) >= 11 is 0. The zero-order chi connectivity index (χ0) is 22.7. The summed E-state index contributed by atoms with van der Waals surface area (Å²) in [6.07, 6.45) is 2.33. The van der Waals surface area contributed by atoms with Crippen LogP contribution in [0.25, 0.3) is 0 Å². The Hall–Kier alpha value is -3.75. The van der Waals surface area contributed by atoms with Gasteiger partial charge in [0.2, 0.25) is 5.91 Å². The van der Waals surface area contributed by atoms with E-state index >= 15 is 0 Å². The van der Waals surface area contributed by atoms with E-state index in [0.29, 0.717) is 13.1 Å². The number of carbonyl (C=O) groups excluding carboxylic acids is 3. The van der Waals surface area contributed by atoms with Crippen molar-refractivity contribution in [2.75, 3.05) is 19.6 Å². The van der Waals surface area contributed by atoms with Crippen molar-refractivity contribution in [3.63, 3.8) is 0 Å².